The number of methoxy groups -OCH3 is 1. The van der Waals surface area contributed by atoms with Gasteiger partial charge < -0.3 is 14.6 Å². The molecule has 30 heavy (non-hydrogen) atoms. The van der Waals surface area contributed by atoms with Gasteiger partial charge in [0.2, 0.25) is 5.91 Å². The van der Waals surface area contributed by atoms with Crippen molar-refractivity contribution in [3.63, 3.8) is 0 Å². The Morgan fingerprint density at radius 2 is 1.87 bits per heavy atom. The van der Waals surface area contributed by atoms with Gasteiger partial charge in [-0.3, -0.25) is 18.7 Å². The number of rotatable bonds is 8. The van der Waals surface area contributed by atoms with Gasteiger partial charge in [-0.1, -0.05) is 30.8 Å². The van der Waals surface area contributed by atoms with Gasteiger partial charge in [0.1, 0.15) is 5.75 Å². The van der Waals surface area contributed by atoms with Gasteiger partial charge in [-0.25, -0.2) is 9.78 Å². The van der Waals surface area contributed by atoms with E-state index in [1.807, 2.05) is 31.2 Å². The van der Waals surface area contributed by atoms with E-state index < -0.39 is 5.69 Å². The molecule has 3 rings (SSSR count). The van der Waals surface area contributed by atoms with Crippen molar-refractivity contribution < 1.29 is 9.53 Å². The van der Waals surface area contributed by atoms with Gasteiger partial charge in [0, 0.05) is 27.2 Å². The Morgan fingerprint density at radius 3 is 2.50 bits per heavy atom. The Bertz CT molecular complexity index is 1180. The maximum Gasteiger partial charge on any atom is 0.332 e. The molecule has 0 saturated carbocycles. The Labute approximate surface area is 177 Å². The minimum atomic E-state index is -0.428. The topological polar surface area (TPSA) is 100 Å². The monoisotopic (exact) mass is 431 g/mol. The molecule has 0 aliphatic carbocycles. The third-order valence-electron chi connectivity index (χ3n) is 4.74. The minimum Gasteiger partial charge on any atom is -0.497 e. The quantitative estimate of drug-likeness (QED) is 0.539. The summed E-state index contributed by atoms with van der Waals surface area (Å²) in [4.78, 5) is 41.7. The number of amides is 1. The van der Waals surface area contributed by atoms with Crippen molar-refractivity contribution in [1.29, 1.82) is 0 Å². The normalized spacial score (nSPS) is 11.1. The number of thioether (sulfide) groups is 1. The van der Waals surface area contributed by atoms with Crippen molar-refractivity contribution in [2.24, 2.45) is 14.1 Å². The number of aryl methyl sites for hydroxylation is 2. The summed E-state index contributed by atoms with van der Waals surface area (Å²) in [5.41, 5.74) is 0.860. The number of imidazole rings is 1. The van der Waals surface area contributed by atoms with Crippen LogP contribution in [0.4, 0.5) is 0 Å². The predicted molar refractivity (Wildman–Crippen MR) is 116 cm³/mol. The van der Waals surface area contributed by atoms with Crippen molar-refractivity contribution >= 4 is 28.8 Å². The van der Waals surface area contributed by atoms with Crippen LogP contribution < -0.4 is 21.3 Å². The van der Waals surface area contributed by atoms with Gasteiger partial charge in [0.05, 0.1) is 12.9 Å². The number of carbonyl (C=O) groups excluding carboxylic acids is 1. The number of hydrogen-bond acceptors (Lipinski definition) is 6. The van der Waals surface area contributed by atoms with Crippen LogP contribution in [0.1, 0.15) is 18.9 Å². The highest BCUT2D eigenvalue weighted by molar-refractivity contribution is 7.99. The second kappa shape index (κ2) is 9.21. The molecule has 0 atom stereocenters. The molecule has 0 fully saturated rings. The lowest BCUT2D eigenvalue weighted by atomic mass is 10.2. The highest BCUT2D eigenvalue weighted by Gasteiger charge is 2.19. The molecule has 0 unspecified atom stereocenters. The van der Waals surface area contributed by atoms with E-state index in [0.717, 1.165) is 22.3 Å². The number of fused-ring (bicyclic) bond motifs is 1. The molecule has 2 aromatic heterocycles. The van der Waals surface area contributed by atoms with Crippen LogP contribution in [0.25, 0.3) is 11.2 Å². The molecular weight excluding hydrogens is 406 g/mol. The molecule has 0 saturated heterocycles. The summed E-state index contributed by atoms with van der Waals surface area (Å²) in [6.45, 7) is 2.97. The van der Waals surface area contributed by atoms with Crippen LogP contribution in [0.2, 0.25) is 0 Å². The first-order valence-electron chi connectivity index (χ1n) is 9.56. The molecule has 1 aromatic carbocycles. The Hall–Kier alpha value is -3.01. The number of benzene rings is 1. The highest BCUT2D eigenvalue weighted by Crippen LogP contribution is 2.22. The average Bonchev–Trinajstić information content (AvgIpc) is 3.12. The van der Waals surface area contributed by atoms with E-state index in [-0.39, 0.29) is 17.2 Å². The summed E-state index contributed by atoms with van der Waals surface area (Å²) in [5.74, 6) is 0.765. The summed E-state index contributed by atoms with van der Waals surface area (Å²) in [6, 6.07) is 7.47. The van der Waals surface area contributed by atoms with Crippen molar-refractivity contribution in [1.82, 2.24) is 24.0 Å². The second-order valence-electron chi connectivity index (χ2n) is 6.84. The van der Waals surface area contributed by atoms with E-state index in [0.29, 0.717) is 29.4 Å². The molecule has 0 spiro atoms. The van der Waals surface area contributed by atoms with Crippen LogP contribution in [0.15, 0.2) is 39.0 Å². The minimum absolute atomic E-state index is 0.146. The van der Waals surface area contributed by atoms with Crippen molar-refractivity contribution in [2.75, 3.05) is 12.9 Å². The van der Waals surface area contributed by atoms with Crippen LogP contribution >= 0.6 is 11.8 Å². The fraction of sp³-hybridized carbons (Fsp3) is 0.400. The molecule has 1 amide bonds. The first kappa shape index (κ1) is 21.7. The summed E-state index contributed by atoms with van der Waals surface area (Å²) in [7, 11) is 4.64. The van der Waals surface area contributed by atoms with Gasteiger partial charge in [-0.15, -0.1) is 0 Å². The highest BCUT2D eigenvalue weighted by atomic mass is 32.2. The van der Waals surface area contributed by atoms with Gasteiger partial charge in [-0.2, -0.15) is 0 Å². The number of ether oxygens (including phenoxy) is 1. The molecule has 3 aromatic rings. The molecule has 9 nitrogen and oxygen atoms in total. The van der Waals surface area contributed by atoms with Crippen molar-refractivity contribution in [2.45, 2.75) is 31.6 Å². The van der Waals surface area contributed by atoms with Crippen LogP contribution in [0.5, 0.6) is 5.75 Å². The first-order chi connectivity index (χ1) is 14.4. The van der Waals surface area contributed by atoms with Crippen LogP contribution in [0, 0.1) is 0 Å². The smallest absolute Gasteiger partial charge is 0.332 e. The standard InChI is InChI=1S/C20H25N5O4S/c1-5-10-25-16-17(23(2)20(28)24(3)18(16)27)22-19(25)30-12-15(26)21-11-13-6-8-14(29-4)9-7-13/h6-9H,5,10-12H2,1-4H3,(H,21,26). The molecule has 0 aliphatic rings. The first-order valence-corrected chi connectivity index (χ1v) is 10.5. The Balaban J connectivity index is 1.76. The van der Waals surface area contributed by atoms with Crippen molar-refractivity contribution in [3.05, 3.63) is 50.7 Å². The lowest BCUT2D eigenvalue weighted by Gasteiger charge is -2.08. The Morgan fingerprint density at radius 1 is 1.17 bits per heavy atom. The number of aromatic nitrogens is 4. The average molecular weight is 432 g/mol. The van der Waals surface area contributed by atoms with Gasteiger partial charge in [0.25, 0.3) is 5.56 Å². The van der Waals surface area contributed by atoms with Gasteiger partial charge in [-0.05, 0) is 24.1 Å². The zero-order valence-electron chi connectivity index (χ0n) is 17.5. The summed E-state index contributed by atoms with van der Waals surface area (Å²) in [5, 5.41) is 3.42. The van der Waals surface area contributed by atoms with E-state index in [9.17, 15) is 14.4 Å². The maximum atomic E-state index is 12.6. The molecule has 0 aliphatic heterocycles. The molecule has 0 radical (unpaired) electrons. The maximum absolute atomic E-state index is 12.6. The number of carbonyl (C=O) groups is 1. The molecule has 0 bridgehead atoms. The number of nitrogens with zero attached hydrogens (tertiary/aromatic N) is 4. The van der Waals surface area contributed by atoms with E-state index in [1.165, 1.54) is 23.4 Å². The molecule has 1 N–H and O–H groups in total. The molecular formula is C20H25N5O4S. The molecule has 160 valence electrons. The van der Waals surface area contributed by atoms with Gasteiger partial charge in [0.15, 0.2) is 16.3 Å². The Kier molecular flexibility index (Phi) is 6.66. The van der Waals surface area contributed by atoms with Crippen LogP contribution in [-0.4, -0.2) is 37.5 Å². The fourth-order valence-corrected chi connectivity index (χ4v) is 3.94. The molecule has 10 heteroatoms. The molecule has 2 heterocycles. The third-order valence-corrected chi connectivity index (χ3v) is 5.72. The van der Waals surface area contributed by atoms with E-state index in [2.05, 4.69) is 10.3 Å². The van der Waals surface area contributed by atoms with E-state index in [4.69, 9.17) is 4.74 Å². The van der Waals surface area contributed by atoms with Gasteiger partial charge >= 0.3 is 5.69 Å². The predicted octanol–water partition coefficient (Wildman–Crippen LogP) is 1.26. The van der Waals surface area contributed by atoms with E-state index in [1.54, 1.807) is 18.7 Å². The largest absolute Gasteiger partial charge is 0.497 e. The van der Waals surface area contributed by atoms with Crippen molar-refractivity contribution in [3.8, 4) is 5.75 Å². The number of hydrogen-bond donors (Lipinski definition) is 1. The fourth-order valence-electron chi connectivity index (χ4n) is 3.09. The zero-order chi connectivity index (χ0) is 21.8. The number of nitrogens with one attached hydrogen (secondary N) is 1. The van der Waals surface area contributed by atoms with Crippen LogP contribution in [0.3, 0.4) is 0 Å². The summed E-state index contributed by atoms with van der Waals surface area (Å²) >= 11 is 1.25. The zero-order valence-corrected chi connectivity index (χ0v) is 18.3. The lowest BCUT2D eigenvalue weighted by Crippen LogP contribution is -2.37. The summed E-state index contributed by atoms with van der Waals surface area (Å²) in [6.07, 6.45) is 0.786. The summed E-state index contributed by atoms with van der Waals surface area (Å²) < 4.78 is 9.35. The van der Waals surface area contributed by atoms with E-state index >= 15 is 0 Å². The third kappa shape index (κ3) is 4.28. The SMILES string of the molecule is CCCn1c(SCC(=O)NCc2ccc(OC)cc2)nc2c1c(=O)n(C)c(=O)n2C. The second-order valence-corrected chi connectivity index (χ2v) is 7.78. The van der Waals surface area contributed by atoms with Crippen LogP contribution in [-0.2, 0) is 32.0 Å². The lowest BCUT2D eigenvalue weighted by molar-refractivity contribution is -0.118.